The summed E-state index contributed by atoms with van der Waals surface area (Å²) in [6.07, 6.45) is 3.64. The van der Waals surface area contributed by atoms with Crippen molar-refractivity contribution < 1.29 is 9.18 Å². The summed E-state index contributed by atoms with van der Waals surface area (Å²) in [5.41, 5.74) is 4.84. The van der Waals surface area contributed by atoms with Crippen molar-refractivity contribution >= 4 is 16.8 Å². The Morgan fingerprint density at radius 3 is 2.94 bits per heavy atom. The van der Waals surface area contributed by atoms with Crippen LogP contribution in [0.4, 0.5) is 4.39 Å². The minimum absolute atomic E-state index is 0.0281. The van der Waals surface area contributed by atoms with Crippen molar-refractivity contribution in [2.75, 3.05) is 13.1 Å². The Hall–Kier alpha value is -3.58. The lowest BCUT2D eigenvalue weighted by molar-refractivity contribution is 0.0900. The van der Waals surface area contributed by atoms with Crippen LogP contribution >= 0.6 is 0 Å². The van der Waals surface area contributed by atoms with Gasteiger partial charge in [-0.25, -0.2) is 4.39 Å². The molecule has 1 saturated heterocycles. The Balaban J connectivity index is 1.30. The number of hydrogen-bond acceptors (Lipinski definition) is 4. The number of carbonyl (C=O) groups is 1. The highest BCUT2D eigenvalue weighted by molar-refractivity contribution is 6.01. The molecule has 4 aromatic rings. The average Bonchev–Trinajstić information content (AvgIpc) is 3.24. The molecule has 2 aromatic carbocycles. The number of carbonyl (C=O) groups excluding carboxylic acids is 1. The smallest absolute Gasteiger partial charge is 0.251 e. The highest BCUT2D eigenvalue weighted by atomic mass is 19.1. The van der Waals surface area contributed by atoms with Gasteiger partial charge in [0.1, 0.15) is 11.5 Å². The molecule has 3 heterocycles. The van der Waals surface area contributed by atoms with E-state index < -0.39 is 0 Å². The summed E-state index contributed by atoms with van der Waals surface area (Å²) in [7, 11) is 0. The first-order valence-electron chi connectivity index (χ1n) is 11.2. The molecule has 0 bridgehead atoms. The quantitative estimate of drug-likeness (QED) is 0.477. The molecule has 168 valence electrons. The largest absolute Gasteiger partial charge is 0.348 e. The zero-order valence-electron chi connectivity index (χ0n) is 18.5. The fourth-order valence-electron chi connectivity index (χ4n) is 4.52. The summed E-state index contributed by atoms with van der Waals surface area (Å²) in [6, 6.07) is 16.4. The van der Waals surface area contributed by atoms with Gasteiger partial charge in [-0.2, -0.15) is 5.10 Å². The van der Waals surface area contributed by atoms with E-state index in [4.69, 9.17) is 0 Å². The summed E-state index contributed by atoms with van der Waals surface area (Å²) in [6.45, 7) is 4.09. The number of nitrogens with zero attached hydrogens (tertiary/aromatic N) is 3. The van der Waals surface area contributed by atoms with E-state index in [9.17, 15) is 9.18 Å². The predicted molar refractivity (Wildman–Crippen MR) is 126 cm³/mol. The SMILES string of the molecule is Cc1cc(-c2n[nH]c3ccc(C(=O)N[C@@H]4CCCN(Cc5ccccc5F)C4)cc23)ccn1. The maximum Gasteiger partial charge on any atom is 0.251 e. The zero-order chi connectivity index (χ0) is 22.8. The number of H-pyrrole nitrogens is 1. The van der Waals surface area contributed by atoms with Gasteiger partial charge < -0.3 is 5.32 Å². The monoisotopic (exact) mass is 443 g/mol. The van der Waals surface area contributed by atoms with Gasteiger partial charge in [0.05, 0.1) is 5.52 Å². The van der Waals surface area contributed by atoms with Crippen LogP contribution in [-0.2, 0) is 6.54 Å². The van der Waals surface area contributed by atoms with Crippen molar-refractivity contribution in [2.24, 2.45) is 0 Å². The van der Waals surface area contributed by atoms with Crippen LogP contribution < -0.4 is 5.32 Å². The number of benzene rings is 2. The van der Waals surface area contributed by atoms with Gasteiger partial charge in [-0.3, -0.25) is 19.8 Å². The number of pyridine rings is 1. The van der Waals surface area contributed by atoms with Gasteiger partial charge in [-0.15, -0.1) is 0 Å². The van der Waals surface area contributed by atoms with Crippen LogP contribution in [0.5, 0.6) is 0 Å². The van der Waals surface area contributed by atoms with Gasteiger partial charge >= 0.3 is 0 Å². The topological polar surface area (TPSA) is 73.9 Å². The van der Waals surface area contributed by atoms with Crippen molar-refractivity contribution in [1.82, 2.24) is 25.4 Å². The molecule has 6 nitrogen and oxygen atoms in total. The molecule has 0 aliphatic carbocycles. The highest BCUT2D eigenvalue weighted by Crippen LogP contribution is 2.27. The molecule has 0 unspecified atom stereocenters. The Kier molecular flexibility index (Phi) is 5.88. The number of aromatic amines is 1. The maximum atomic E-state index is 14.0. The van der Waals surface area contributed by atoms with Crippen LogP contribution in [0.3, 0.4) is 0 Å². The van der Waals surface area contributed by atoms with Gasteiger partial charge in [-0.05, 0) is 62.7 Å². The average molecular weight is 444 g/mol. The fourth-order valence-corrected chi connectivity index (χ4v) is 4.52. The fraction of sp³-hybridized carbons (Fsp3) is 0.269. The molecule has 5 rings (SSSR count). The molecule has 2 aromatic heterocycles. The molecule has 0 saturated carbocycles. The second kappa shape index (κ2) is 9.11. The number of aromatic nitrogens is 3. The minimum Gasteiger partial charge on any atom is -0.348 e. The summed E-state index contributed by atoms with van der Waals surface area (Å²) >= 11 is 0. The third-order valence-electron chi connectivity index (χ3n) is 6.19. The number of hydrogen-bond donors (Lipinski definition) is 2. The van der Waals surface area contributed by atoms with E-state index in [1.165, 1.54) is 6.07 Å². The van der Waals surface area contributed by atoms with Crippen molar-refractivity contribution in [3.8, 4) is 11.3 Å². The molecule has 1 aliphatic rings. The molecule has 7 heteroatoms. The van der Waals surface area contributed by atoms with Crippen LogP contribution in [0.25, 0.3) is 22.2 Å². The van der Waals surface area contributed by atoms with Crippen LogP contribution in [0.1, 0.15) is 34.5 Å². The molecular weight excluding hydrogens is 417 g/mol. The molecule has 2 N–H and O–H groups in total. The van der Waals surface area contributed by atoms with Crippen LogP contribution in [-0.4, -0.2) is 45.1 Å². The molecule has 1 fully saturated rings. The summed E-state index contributed by atoms with van der Waals surface area (Å²) in [4.78, 5) is 19.5. The molecule has 1 atom stereocenters. The van der Waals surface area contributed by atoms with Crippen molar-refractivity contribution in [1.29, 1.82) is 0 Å². The third kappa shape index (κ3) is 4.64. The zero-order valence-corrected chi connectivity index (χ0v) is 18.5. The van der Waals surface area contributed by atoms with E-state index in [0.29, 0.717) is 24.2 Å². The van der Waals surface area contributed by atoms with Gasteiger partial charge in [0, 0.05) is 53.1 Å². The Morgan fingerprint density at radius 1 is 1.21 bits per heavy atom. The Labute approximate surface area is 191 Å². The van der Waals surface area contributed by atoms with E-state index in [-0.39, 0.29) is 17.8 Å². The number of fused-ring (bicyclic) bond motifs is 1. The van der Waals surface area contributed by atoms with E-state index in [1.54, 1.807) is 12.3 Å². The molecule has 33 heavy (non-hydrogen) atoms. The van der Waals surface area contributed by atoms with E-state index >= 15 is 0 Å². The Morgan fingerprint density at radius 2 is 2.09 bits per heavy atom. The molecule has 0 spiro atoms. The lowest BCUT2D eigenvalue weighted by Gasteiger charge is -2.33. The van der Waals surface area contributed by atoms with Crippen molar-refractivity contribution in [3.63, 3.8) is 0 Å². The number of aryl methyl sites for hydroxylation is 1. The number of likely N-dealkylation sites (tertiary alicyclic amines) is 1. The predicted octanol–water partition coefficient (Wildman–Crippen LogP) is 4.47. The minimum atomic E-state index is -0.183. The number of amides is 1. The molecular formula is C26H26FN5O. The number of halogens is 1. The standard InChI is InChI=1S/C26H26FN5O/c1-17-13-18(10-11-28-17)25-22-14-19(8-9-24(22)30-31-25)26(33)29-21-6-4-12-32(16-21)15-20-5-2-3-7-23(20)27/h2-3,5,7-11,13-14,21H,4,6,12,15-16H2,1H3,(H,29,33)(H,30,31)/t21-/m1/s1. The van der Waals surface area contributed by atoms with Crippen LogP contribution in [0.2, 0.25) is 0 Å². The van der Waals surface area contributed by atoms with Crippen molar-refractivity contribution in [3.05, 3.63) is 83.4 Å². The van der Waals surface area contributed by atoms with E-state index in [0.717, 1.165) is 47.2 Å². The van der Waals surface area contributed by atoms with Crippen LogP contribution in [0, 0.1) is 12.7 Å². The Bertz CT molecular complexity index is 1300. The summed E-state index contributed by atoms with van der Waals surface area (Å²) < 4.78 is 14.0. The second-order valence-corrected chi connectivity index (χ2v) is 8.66. The normalized spacial score (nSPS) is 16.7. The van der Waals surface area contributed by atoms with E-state index in [2.05, 4.69) is 25.4 Å². The van der Waals surface area contributed by atoms with E-state index in [1.807, 2.05) is 49.4 Å². The summed E-state index contributed by atoms with van der Waals surface area (Å²) in [5, 5.41) is 11.6. The first-order chi connectivity index (χ1) is 16.1. The van der Waals surface area contributed by atoms with Gasteiger partial charge in [0.15, 0.2) is 0 Å². The van der Waals surface area contributed by atoms with Gasteiger partial charge in [0.25, 0.3) is 5.91 Å². The van der Waals surface area contributed by atoms with Crippen molar-refractivity contribution in [2.45, 2.75) is 32.4 Å². The first-order valence-corrected chi connectivity index (χ1v) is 11.2. The third-order valence-corrected chi connectivity index (χ3v) is 6.19. The van der Waals surface area contributed by atoms with Gasteiger partial charge in [0.2, 0.25) is 0 Å². The molecule has 1 aliphatic heterocycles. The second-order valence-electron chi connectivity index (χ2n) is 8.66. The number of rotatable bonds is 5. The summed E-state index contributed by atoms with van der Waals surface area (Å²) in [5.74, 6) is -0.287. The molecule has 0 radical (unpaired) electrons. The number of nitrogens with one attached hydrogen (secondary N) is 2. The molecule has 1 amide bonds. The lowest BCUT2D eigenvalue weighted by atomic mass is 10.0. The highest BCUT2D eigenvalue weighted by Gasteiger charge is 2.23. The first kappa shape index (κ1) is 21.3. The van der Waals surface area contributed by atoms with Gasteiger partial charge in [-0.1, -0.05) is 18.2 Å². The van der Waals surface area contributed by atoms with Crippen LogP contribution in [0.15, 0.2) is 60.8 Å². The number of piperidine rings is 1. The lowest BCUT2D eigenvalue weighted by Crippen LogP contribution is -2.47. The maximum absolute atomic E-state index is 14.0.